The van der Waals surface area contributed by atoms with Crippen molar-refractivity contribution in [2.24, 2.45) is 0 Å². The molecule has 0 saturated carbocycles. The predicted octanol–water partition coefficient (Wildman–Crippen LogP) is 3.33. The van der Waals surface area contributed by atoms with Gasteiger partial charge in [0, 0.05) is 30.5 Å². The van der Waals surface area contributed by atoms with Crippen molar-refractivity contribution < 1.29 is 12.8 Å². The zero-order chi connectivity index (χ0) is 15.2. The molecule has 23 heavy (non-hydrogen) atoms. The smallest absolute Gasteiger partial charge is 0.206 e. The molecule has 1 aliphatic heterocycles. The van der Waals surface area contributed by atoms with Crippen molar-refractivity contribution in [3.63, 3.8) is 0 Å². The van der Waals surface area contributed by atoms with Crippen LogP contribution in [0.2, 0.25) is 0 Å². The van der Waals surface area contributed by atoms with Gasteiger partial charge in [0.05, 0.1) is 9.79 Å². The maximum atomic E-state index is 12.7. The van der Waals surface area contributed by atoms with Gasteiger partial charge in [-0.05, 0) is 30.3 Å². The second-order valence-corrected chi connectivity index (χ2v) is 7.35. The zero-order valence-electron chi connectivity index (χ0n) is 12.3. The molecule has 120 valence electrons. The van der Waals surface area contributed by atoms with Crippen LogP contribution in [0.3, 0.4) is 0 Å². The van der Waals surface area contributed by atoms with E-state index in [1.165, 1.54) is 0 Å². The molecular weight excluding hydrogens is 334 g/mol. The molecular formula is C17H16ClNO3S. The maximum Gasteiger partial charge on any atom is 0.206 e. The molecule has 6 heteroatoms. The first-order chi connectivity index (χ1) is 10.7. The van der Waals surface area contributed by atoms with Crippen LogP contribution in [0.4, 0.5) is 0 Å². The monoisotopic (exact) mass is 349 g/mol. The van der Waals surface area contributed by atoms with E-state index in [0.29, 0.717) is 9.79 Å². The molecule has 0 bridgehead atoms. The molecule has 2 aromatic carbocycles. The molecule has 0 unspecified atom stereocenters. The highest BCUT2D eigenvalue weighted by molar-refractivity contribution is 7.91. The van der Waals surface area contributed by atoms with Crippen LogP contribution in [0.15, 0.2) is 62.7 Å². The highest BCUT2D eigenvalue weighted by Gasteiger charge is 2.22. The van der Waals surface area contributed by atoms with Crippen LogP contribution in [-0.2, 0) is 22.8 Å². The Kier molecular flexibility index (Phi) is 4.19. The fourth-order valence-corrected chi connectivity index (χ4v) is 4.20. The summed E-state index contributed by atoms with van der Waals surface area (Å²) in [5.41, 5.74) is 1.83. The maximum absolute atomic E-state index is 12.7. The van der Waals surface area contributed by atoms with Crippen molar-refractivity contribution in [3.8, 4) is 0 Å². The number of rotatable bonds is 2. The lowest BCUT2D eigenvalue weighted by molar-refractivity contribution is 0.500. The van der Waals surface area contributed by atoms with Gasteiger partial charge in [0.15, 0.2) is 0 Å². The minimum absolute atomic E-state index is 0. The highest BCUT2D eigenvalue weighted by Crippen LogP contribution is 2.31. The number of benzene rings is 2. The van der Waals surface area contributed by atoms with Gasteiger partial charge in [-0.3, -0.25) is 0 Å². The number of nitrogens with one attached hydrogen (secondary N) is 1. The second-order valence-electron chi connectivity index (χ2n) is 5.41. The second kappa shape index (κ2) is 6.00. The van der Waals surface area contributed by atoms with Gasteiger partial charge in [0.1, 0.15) is 11.3 Å². The largest absolute Gasteiger partial charge is 0.461 e. The Balaban J connectivity index is 0.00000156. The summed E-state index contributed by atoms with van der Waals surface area (Å²) in [5, 5.41) is 4.19. The Morgan fingerprint density at radius 3 is 2.57 bits per heavy atom. The van der Waals surface area contributed by atoms with Crippen LogP contribution in [0.5, 0.6) is 0 Å². The molecule has 0 radical (unpaired) electrons. The minimum Gasteiger partial charge on any atom is -0.461 e. The van der Waals surface area contributed by atoms with E-state index in [0.717, 1.165) is 41.8 Å². The average molecular weight is 350 g/mol. The first-order valence-corrected chi connectivity index (χ1v) is 8.70. The van der Waals surface area contributed by atoms with Crippen molar-refractivity contribution in [1.29, 1.82) is 0 Å². The fourth-order valence-electron chi connectivity index (χ4n) is 2.89. The summed E-state index contributed by atoms with van der Waals surface area (Å²) in [6.07, 6.45) is 0.838. The van der Waals surface area contributed by atoms with Crippen LogP contribution in [0.1, 0.15) is 11.3 Å². The van der Waals surface area contributed by atoms with Gasteiger partial charge in [-0.1, -0.05) is 18.2 Å². The van der Waals surface area contributed by atoms with E-state index in [2.05, 4.69) is 5.32 Å². The molecule has 1 N–H and O–H groups in total. The lowest BCUT2D eigenvalue weighted by Crippen LogP contribution is -2.22. The first kappa shape index (κ1) is 16.1. The Hall–Kier alpha value is -1.82. The van der Waals surface area contributed by atoms with Crippen molar-refractivity contribution in [1.82, 2.24) is 5.32 Å². The number of sulfone groups is 1. The highest BCUT2D eigenvalue weighted by atomic mass is 35.5. The van der Waals surface area contributed by atoms with Crippen LogP contribution in [0.25, 0.3) is 11.0 Å². The van der Waals surface area contributed by atoms with Crippen molar-refractivity contribution in [2.45, 2.75) is 22.8 Å². The van der Waals surface area contributed by atoms with Gasteiger partial charge in [0.2, 0.25) is 9.84 Å². The summed E-state index contributed by atoms with van der Waals surface area (Å²) in [6, 6.07) is 13.6. The zero-order valence-corrected chi connectivity index (χ0v) is 13.9. The standard InChI is InChI=1S/C17H15NO3S.ClH/c19-22(20,12-4-2-1-3-5-12)13-6-7-16-14(10-13)15-11-18-9-8-17(15)21-16;/h1-7,10,18H,8-9,11H2;1H. The number of hydrogen-bond acceptors (Lipinski definition) is 4. The van der Waals surface area contributed by atoms with Crippen LogP contribution < -0.4 is 5.32 Å². The summed E-state index contributed by atoms with van der Waals surface area (Å²) in [7, 11) is -3.50. The average Bonchev–Trinajstić information content (AvgIpc) is 2.93. The summed E-state index contributed by atoms with van der Waals surface area (Å²) in [5.74, 6) is 0.961. The van der Waals surface area contributed by atoms with Crippen LogP contribution >= 0.6 is 12.4 Å². The Morgan fingerprint density at radius 2 is 1.78 bits per heavy atom. The first-order valence-electron chi connectivity index (χ1n) is 7.21. The minimum atomic E-state index is -3.50. The lowest BCUT2D eigenvalue weighted by Gasteiger charge is -2.11. The van der Waals surface area contributed by atoms with Crippen molar-refractivity contribution >= 4 is 33.2 Å². The number of halogens is 1. The molecule has 1 aliphatic rings. The van der Waals surface area contributed by atoms with Gasteiger partial charge in [-0.15, -0.1) is 12.4 Å². The summed E-state index contributed by atoms with van der Waals surface area (Å²) in [4.78, 5) is 0.616. The Labute approximate surface area is 140 Å². The summed E-state index contributed by atoms with van der Waals surface area (Å²) in [6.45, 7) is 1.61. The number of furan rings is 1. The number of hydrogen-bond donors (Lipinski definition) is 1. The molecule has 0 amide bonds. The third-order valence-electron chi connectivity index (χ3n) is 4.04. The number of fused-ring (bicyclic) bond motifs is 3. The third kappa shape index (κ3) is 2.65. The molecule has 0 spiro atoms. The third-order valence-corrected chi connectivity index (χ3v) is 5.81. The topological polar surface area (TPSA) is 59.3 Å². The molecule has 3 aromatic rings. The molecule has 2 heterocycles. The van der Waals surface area contributed by atoms with Gasteiger partial charge < -0.3 is 9.73 Å². The molecule has 1 aromatic heterocycles. The van der Waals surface area contributed by atoms with E-state index in [1.54, 1.807) is 48.5 Å². The van der Waals surface area contributed by atoms with E-state index in [9.17, 15) is 8.42 Å². The van der Waals surface area contributed by atoms with Crippen molar-refractivity contribution in [2.75, 3.05) is 6.54 Å². The van der Waals surface area contributed by atoms with E-state index in [1.807, 2.05) is 0 Å². The summed E-state index contributed by atoms with van der Waals surface area (Å²) < 4.78 is 31.3. The lowest BCUT2D eigenvalue weighted by atomic mass is 10.1. The van der Waals surface area contributed by atoms with Crippen LogP contribution in [-0.4, -0.2) is 15.0 Å². The molecule has 0 fully saturated rings. The fraction of sp³-hybridized carbons (Fsp3) is 0.176. The van der Waals surface area contributed by atoms with Crippen LogP contribution in [0, 0.1) is 0 Å². The van der Waals surface area contributed by atoms with E-state index < -0.39 is 9.84 Å². The molecule has 4 nitrogen and oxygen atoms in total. The quantitative estimate of drug-likeness (QED) is 0.771. The predicted molar refractivity (Wildman–Crippen MR) is 90.8 cm³/mol. The van der Waals surface area contributed by atoms with Gasteiger partial charge in [-0.25, -0.2) is 8.42 Å². The van der Waals surface area contributed by atoms with E-state index >= 15 is 0 Å². The Bertz CT molecular complexity index is 949. The Morgan fingerprint density at radius 1 is 1.00 bits per heavy atom. The molecule has 0 saturated heterocycles. The normalized spacial score (nSPS) is 14.3. The van der Waals surface area contributed by atoms with E-state index in [4.69, 9.17) is 4.42 Å². The molecule has 4 rings (SSSR count). The van der Waals surface area contributed by atoms with Gasteiger partial charge in [-0.2, -0.15) is 0 Å². The summed E-state index contributed by atoms with van der Waals surface area (Å²) >= 11 is 0. The van der Waals surface area contributed by atoms with Gasteiger partial charge >= 0.3 is 0 Å². The van der Waals surface area contributed by atoms with Gasteiger partial charge in [0.25, 0.3) is 0 Å². The van der Waals surface area contributed by atoms with Crippen molar-refractivity contribution in [3.05, 3.63) is 59.9 Å². The molecule has 0 aliphatic carbocycles. The molecule has 0 atom stereocenters. The SMILES string of the molecule is Cl.O=S(=O)(c1ccccc1)c1ccc2oc3c(c2c1)CNCC3. The van der Waals surface area contributed by atoms with E-state index in [-0.39, 0.29) is 12.4 Å².